The van der Waals surface area contributed by atoms with E-state index in [1.165, 1.54) is 4.70 Å². The maximum Gasteiger partial charge on any atom is 0.255 e. The number of aryl methyl sites for hydroxylation is 1. The van der Waals surface area contributed by atoms with Crippen LogP contribution in [0.15, 0.2) is 42.5 Å². The number of carbonyl (C=O) groups is 2. The van der Waals surface area contributed by atoms with Crippen molar-refractivity contribution in [2.45, 2.75) is 25.7 Å². The van der Waals surface area contributed by atoms with Crippen molar-refractivity contribution in [3.63, 3.8) is 0 Å². The molecule has 1 saturated heterocycles. The number of hydrogen-bond acceptors (Lipinski definition) is 4. The molecule has 2 heterocycles. The zero-order chi connectivity index (χ0) is 21.8. The van der Waals surface area contributed by atoms with Gasteiger partial charge >= 0.3 is 0 Å². The molecule has 8 heteroatoms. The topological polar surface area (TPSA) is 53.5 Å². The van der Waals surface area contributed by atoms with Crippen LogP contribution in [0.4, 0.5) is 0 Å². The Morgan fingerprint density at radius 2 is 1.68 bits per heavy atom. The number of carbonyl (C=O) groups excluding carboxylic acids is 2. The minimum atomic E-state index is -0.143. The van der Waals surface area contributed by atoms with Gasteiger partial charge in [-0.15, -0.1) is 11.3 Å². The van der Waals surface area contributed by atoms with E-state index in [-0.39, 0.29) is 16.8 Å². The van der Waals surface area contributed by atoms with Gasteiger partial charge in [-0.3, -0.25) is 9.59 Å². The molecule has 0 bridgehead atoms. The summed E-state index contributed by atoms with van der Waals surface area (Å²) < 4.78 is 1.21. The molecule has 1 aliphatic rings. The van der Waals surface area contributed by atoms with E-state index in [4.69, 9.17) is 23.2 Å². The molecule has 1 fully saturated rings. The zero-order valence-corrected chi connectivity index (χ0v) is 19.3. The Hall–Kier alpha value is -2.15. The summed E-state index contributed by atoms with van der Waals surface area (Å²) in [6.45, 7) is 2.08. The minimum absolute atomic E-state index is 0.143. The van der Waals surface area contributed by atoms with Gasteiger partial charge in [0.05, 0.1) is 30.8 Å². The van der Waals surface area contributed by atoms with Gasteiger partial charge in [-0.2, -0.15) is 0 Å². The van der Waals surface area contributed by atoms with Crippen LogP contribution in [0.2, 0.25) is 10.0 Å². The van der Waals surface area contributed by atoms with Gasteiger partial charge in [0.25, 0.3) is 5.91 Å². The largest absolute Gasteiger partial charge is 0.339 e. The van der Waals surface area contributed by atoms with Crippen molar-refractivity contribution in [3.8, 4) is 0 Å². The lowest BCUT2D eigenvalue weighted by atomic mass is 10.1. The molecule has 0 spiro atoms. The predicted molar refractivity (Wildman–Crippen MR) is 126 cm³/mol. The average Bonchev–Trinajstić information content (AvgIpc) is 3.21. The number of piperazine rings is 1. The number of amides is 2. The van der Waals surface area contributed by atoms with Crippen LogP contribution in [-0.2, 0) is 11.2 Å². The second-order valence-electron chi connectivity index (χ2n) is 7.56. The molecule has 1 aromatic heterocycles. The van der Waals surface area contributed by atoms with Gasteiger partial charge in [0, 0.05) is 32.6 Å². The summed E-state index contributed by atoms with van der Waals surface area (Å²) in [5, 5.41) is 1.77. The van der Waals surface area contributed by atoms with Crippen LogP contribution in [0.1, 0.15) is 34.6 Å². The molecule has 4 rings (SSSR count). The monoisotopic (exact) mass is 475 g/mol. The SMILES string of the molecule is O=C(CCCCc1nc2ccccc2s1)N1CCN(C(=O)c2cccc(Cl)c2Cl)CC1. The number of hydrogen-bond donors (Lipinski definition) is 0. The van der Waals surface area contributed by atoms with E-state index in [1.807, 2.05) is 23.1 Å². The standard InChI is InChI=1S/C23H23Cl2N3O2S/c24-17-7-5-6-16(22(17)25)23(30)28-14-12-27(13-15-28)21(29)11-4-3-10-20-26-18-8-1-2-9-19(18)31-20/h1-2,5-9H,3-4,10-15H2. The molecule has 5 nitrogen and oxygen atoms in total. The van der Waals surface area contributed by atoms with E-state index >= 15 is 0 Å². The normalized spacial score (nSPS) is 14.3. The summed E-state index contributed by atoms with van der Waals surface area (Å²) in [6.07, 6.45) is 3.21. The average molecular weight is 476 g/mol. The van der Waals surface area contributed by atoms with Gasteiger partial charge in [0.1, 0.15) is 0 Å². The quantitative estimate of drug-likeness (QED) is 0.454. The lowest BCUT2D eigenvalue weighted by Gasteiger charge is -2.35. The Balaban J connectivity index is 1.21. The summed E-state index contributed by atoms with van der Waals surface area (Å²) in [5.74, 6) is 0.00706. The lowest BCUT2D eigenvalue weighted by molar-refractivity contribution is -0.132. The van der Waals surface area contributed by atoms with E-state index in [2.05, 4.69) is 11.1 Å². The zero-order valence-electron chi connectivity index (χ0n) is 17.0. The Morgan fingerprint density at radius 1 is 0.935 bits per heavy atom. The van der Waals surface area contributed by atoms with E-state index in [9.17, 15) is 9.59 Å². The fourth-order valence-corrected chi connectivity index (χ4v) is 5.13. The van der Waals surface area contributed by atoms with Crippen LogP contribution < -0.4 is 0 Å². The number of rotatable bonds is 6. The molecule has 0 unspecified atom stereocenters. The Labute approximate surface area is 195 Å². The number of nitrogens with zero attached hydrogens (tertiary/aromatic N) is 3. The highest BCUT2D eigenvalue weighted by atomic mass is 35.5. The minimum Gasteiger partial charge on any atom is -0.339 e. The number of aromatic nitrogens is 1. The molecule has 0 N–H and O–H groups in total. The Morgan fingerprint density at radius 3 is 2.45 bits per heavy atom. The first kappa shape index (κ1) is 22.1. The molecule has 3 aromatic rings. The van der Waals surface area contributed by atoms with Gasteiger partial charge in [-0.25, -0.2) is 4.98 Å². The first-order chi connectivity index (χ1) is 15.0. The first-order valence-corrected chi connectivity index (χ1v) is 12.0. The molecular formula is C23H23Cl2N3O2S. The maximum atomic E-state index is 12.7. The molecule has 0 radical (unpaired) electrons. The molecule has 0 aliphatic carbocycles. The van der Waals surface area contributed by atoms with Crippen molar-refractivity contribution < 1.29 is 9.59 Å². The van der Waals surface area contributed by atoms with Crippen LogP contribution in [-0.4, -0.2) is 52.8 Å². The molecule has 2 amide bonds. The van der Waals surface area contributed by atoms with Gasteiger partial charge in [-0.1, -0.05) is 41.4 Å². The van der Waals surface area contributed by atoms with Crippen molar-refractivity contribution in [2.24, 2.45) is 0 Å². The summed E-state index contributed by atoms with van der Waals surface area (Å²) in [5.41, 5.74) is 1.45. The summed E-state index contributed by atoms with van der Waals surface area (Å²) >= 11 is 13.9. The summed E-state index contributed by atoms with van der Waals surface area (Å²) in [7, 11) is 0. The number of fused-ring (bicyclic) bond motifs is 1. The Bertz CT molecular complexity index is 1060. The van der Waals surface area contributed by atoms with Crippen LogP contribution in [0.25, 0.3) is 10.2 Å². The lowest BCUT2D eigenvalue weighted by Crippen LogP contribution is -2.50. The molecule has 0 atom stereocenters. The van der Waals surface area contributed by atoms with Crippen molar-refractivity contribution in [1.29, 1.82) is 0 Å². The summed E-state index contributed by atoms with van der Waals surface area (Å²) in [6, 6.07) is 13.2. The number of thiazole rings is 1. The van der Waals surface area contributed by atoms with E-state index in [0.717, 1.165) is 29.8 Å². The molecule has 31 heavy (non-hydrogen) atoms. The third kappa shape index (κ3) is 5.20. The Kier molecular flexibility index (Phi) is 7.10. The van der Waals surface area contributed by atoms with Crippen LogP contribution in [0.5, 0.6) is 0 Å². The molecule has 162 valence electrons. The van der Waals surface area contributed by atoms with Crippen molar-refractivity contribution in [3.05, 3.63) is 63.1 Å². The molecule has 1 aliphatic heterocycles. The van der Waals surface area contributed by atoms with E-state index < -0.39 is 0 Å². The van der Waals surface area contributed by atoms with Gasteiger partial charge in [0.15, 0.2) is 0 Å². The molecular weight excluding hydrogens is 453 g/mol. The van der Waals surface area contributed by atoms with Crippen LogP contribution in [0.3, 0.4) is 0 Å². The number of para-hydroxylation sites is 1. The number of halogens is 2. The van der Waals surface area contributed by atoms with Crippen molar-refractivity contribution in [2.75, 3.05) is 26.2 Å². The highest BCUT2D eigenvalue weighted by Gasteiger charge is 2.26. The third-order valence-electron chi connectivity index (χ3n) is 5.47. The van der Waals surface area contributed by atoms with Gasteiger partial charge < -0.3 is 9.80 Å². The van der Waals surface area contributed by atoms with Gasteiger partial charge in [0.2, 0.25) is 5.91 Å². The van der Waals surface area contributed by atoms with E-state index in [1.54, 1.807) is 34.4 Å². The smallest absolute Gasteiger partial charge is 0.255 e. The molecule has 0 saturated carbocycles. The first-order valence-electron chi connectivity index (χ1n) is 10.4. The van der Waals surface area contributed by atoms with Crippen LogP contribution in [0, 0.1) is 0 Å². The summed E-state index contributed by atoms with van der Waals surface area (Å²) in [4.78, 5) is 33.5. The highest BCUT2D eigenvalue weighted by Crippen LogP contribution is 2.27. The maximum absolute atomic E-state index is 12.7. The van der Waals surface area contributed by atoms with Crippen molar-refractivity contribution in [1.82, 2.24) is 14.8 Å². The fourth-order valence-electron chi connectivity index (χ4n) is 3.74. The van der Waals surface area contributed by atoms with E-state index in [0.29, 0.717) is 43.2 Å². The number of unbranched alkanes of at least 4 members (excludes halogenated alkanes) is 1. The molecule has 2 aromatic carbocycles. The van der Waals surface area contributed by atoms with Crippen molar-refractivity contribution >= 4 is 56.6 Å². The van der Waals surface area contributed by atoms with Crippen LogP contribution >= 0.6 is 34.5 Å². The fraction of sp³-hybridized carbons (Fsp3) is 0.348. The predicted octanol–water partition coefficient (Wildman–Crippen LogP) is 5.30. The third-order valence-corrected chi connectivity index (χ3v) is 7.39. The second kappa shape index (κ2) is 9.98. The second-order valence-corrected chi connectivity index (χ2v) is 9.46. The highest BCUT2D eigenvalue weighted by molar-refractivity contribution is 7.18. The van der Waals surface area contributed by atoms with Gasteiger partial charge in [-0.05, 0) is 43.5 Å². The number of benzene rings is 2.